The Balaban J connectivity index is 1.83. The van der Waals surface area contributed by atoms with E-state index < -0.39 is 11.0 Å². The molecule has 138 valence electrons. The monoisotopic (exact) mass is 358 g/mol. The number of nitrogens with one attached hydrogen (secondary N) is 1. The number of benzene rings is 2. The van der Waals surface area contributed by atoms with Crippen LogP contribution in [0.3, 0.4) is 0 Å². The highest BCUT2D eigenvalue weighted by molar-refractivity contribution is 5.80. The Morgan fingerprint density at radius 1 is 1.19 bits per heavy atom. The fraction of sp³-hybridized carbons (Fsp3) is 0.316. The van der Waals surface area contributed by atoms with E-state index in [0.717, 1.165) is 11.3 Å². The molecule has 7 nitrogen and oxygen atoms in total. The van der Waals surface area contributed by atoms with E-state index in [0.29, 0.717) is 24.3 Å². The van der Waals surface area contributed by atoms with E-state index in [1.54, 1.807) is 27.0 Å². The summed E-state index contributed by atoms with van der Waals surface area (Å²) in [5, 5.41) is 13.6. The topological polar surface area (TPSA) is 90.7 Å². The molecule has 0 bridgehead atoms. The van der Waals surface area contributed by atoms with E-state index in [-0.39, 0.29) is 11.6 Å². The predicted molar refractivity (Wildman–Crippen MR) is 97.6 cm³/mol. The molecule has 0 fully saturated rings. The molecule has 1 amide bonds. The zero-order valence-corrected chi connectivity index (χ0v) is 15.0. The second kappa shape index (κ2) is 8.84. The number of nitrogens with zero attached hydrogens (tertiary/aromatic N) is 1. The van der Waals surface area contributed by atoms with Crippen LogP contribution < -0.4 is 14.8 Å². The van der Waals surface area contributed by atoms with Gasteiger partial charge in [-0.15, -0.1) is 0 Å². The van der Waals surface area contributed by atoms with Crippen molar-refractivity contribution >= 4 is 11.6 Å². The van der Waals surface area contributed by atoms with Crippen LogP contribution in [-0.4, -0.2) is 30.6 Å². The van der Waals surface area contributed by atoms with Gasteiger partial charge in [0.1, 0.15) is 11.5 Å². The van der Waals surface area contributed by atoms with Crippen molar-refractivity contribution < 1.29 is 19.2 Å². The summed E-state index contributed by atoms with van der Waals surface area (Å²) in [5.74, 6) is 0.971. The summed E-state index contributed by atoms with van der Waals surface area (Å²) in [6.45, 7) is 3.75. The van der Waals surface area contributed by atoms with Crippen LogP contribution in [0.4, 0.5) is 5.69 Å². The van der Waals surface area contributed by atoms with Crippen molar-refractivity contribution in [1.29, 1.82) is 0 Å². The van der Waals surface area contributed by atoms with Gasteiger partial charge in [0.2, 0.25) is 0 Å². The van der Waals surface area contributed by atoms with Gasteiger partial charge < -0.3 is 14.8 Å². The lowest BCUT2D eigenvalue weighted by molar-refractivity contribution is -0.385. The second-order valence-electron chi connectivity index (χ2n) is 5.85. The normalized spacial score (nSPS) is 11.5. The Hall–Kier alpha value is -3.09. The maximum absolute atomic E-state index is 12.1. The Kier molecular flexibility index (Phi) is 6.54. The zero-order valence-electron chi connectivity index (χ0n) is 15.0. The average Bonchev–Trinajstić information content (AvgIpc) is 2.62. The number of ether oxygens (including phenoxy) is 2. The van der Waals surface area contributed by atoms with Gasteiger partial charge in [0.05, 0.1) is 12.0 Å². The van der Waals surface area contributed by atoms with Crippen LogP contribution in [-0.2, 0) is 11.2 Å². The minimum absolute atomic E-state index is 0.0222. The number of hydrogen-bond acceptors (Lipinski definition) is 5. The molecule has 2 aromatic carbocycles. The maximum Gasteiger partial charge on any atom is 0.272 e. The van der Waals surface area contributed by atoms with Gasteiger partial charge >= 0.3 is 0 Å². The van der Waals surface area contributed by atoms with Crippen LogP contribution in [0, 0.1) is 17.0 Å². The molecule has 0 radical (unpaired) electrons. The van der Waals surface area contributed by atoms with Crippen LogP contribution in [0.2, 0.25) is 0 Å². The van der Waals surface area contributed by atoms with Gasteiger partial charge in [-0.1, -0.05) is 12.1 Å². The van der Waals surface area contributed by atoms with Crippen LogP contribution in [0.25, 0.3) is 0 Å². The van der Waals surface area contributed by atoms with E-state index in [2.05, 4.69) is 5.32 Å². The third kappa shape index (κ3) is 5.20. The number of amides is 1. The number of aryl methyl sites for hydroxylation is 1. The first-order valence-electron chi connectivity index (χ1n) is 8.23. The molecule has 0 saturated heterocycles. The minimum Gasteiger partial charge on any atom is -0.497 e. The van der Waals surface area contributed by atoms with Crippen molar-refractivity contribution in [1.82, 2.24) is 5.32 Å². The number of carbonyl (C=O) groups is 1. The van der Waals surface area contributed by atoms with Crippen molar-refractivity contribution in [2.45, 2.75) is 26.4 Å². The van der Waals surface area contributed by atoms with Crippen LogP contribution in [0.5, 0.6) is 11.5 Å². The quantitative estimate of drug-likeness (QED) is 0.578. The summed E-state index contributed by atoms with van der Waals surface area (Å²) in [4.78, 5) is 22.5. The van der Waals surface area contributed by atoms with Gasteiger partial charge in [-0.05, 0) is 50.1 Å². The summed E-state index contributed by atoms with van der Waals surface area (Å²) in [5.41, 5.74) is 1.60. The number of hydrogen-bond donors (Lipinski definition) is 1. The molecule has 0 aromatic heterocycles. The van der Waals surface area contributed by atoms with Crippen molar-refractivity contribution in [3.05, 3.63) is 63.7 Å². The van der Waals surface area contributed by atoms with E-state index >= 15 is 0 Å². The van der Waals surface area contributed by atoms with E-state index in [4.69, 9.17) is 9.47 Å². The molecule has 0 aliphatic carbocycles. The molecule has 0 unspecified atom stereocenters. The lowest BCUT2D eigenvalue weighted by Crippen LogP contribution is -2.37. The molecule has 0 spiro atoms. The molecule has 1 N–H and O–H groups in total. The summed E-state index contributed by atoms with van der Waals surface area (Å²) >= 11 is 0. The van der Waals surface area contributed by atoms with Gasteiger partial charge in [-0.2, -0.15) is 0 Å². The number of methoxy groups -OCH3 is 1. The molecule has 0 saturated carbocycles. The Bertz CT molecular complexity index is 774. The Morgan fingerprint density at radius 3 is 2.42 bits per heavy atom. The Labute approximate surface area is 152 Å². The lowest BCUT2D eigenvalue weighted by atomic mass is 10.1. The zero-order chi connectivity index (χ0) is 19.1. The van der Waals surface area contributed by atoms with E-state index in [9.17, 15) is 14.9 Å². The number of nitro benzene ring substituents is 1. The smallest absolute Gasteiger partial charge is 0.272 e. The van der Waals surface area contributed by atoms with Crippen LogP contribution >= 0.6 is 0 Å². The predicted octanol–water partition coefficient (Wildman–Crippen LogP) is 3.04. The highest BCUT2D eigenvalue weighted by Crippen LogP contribution is 2.23. The SMILES string of the molecule is COc1ccc(CCNC(=O)[C@H](C)Oc2ccc([N+](=O)[O-])c(C)c2)cc1. The fourth-order valence-corrected chi connectivity index (χ4v) is 2.43. The lowest BCUT2D eigenvalue weighted by Gasteiger charge is -2.15. The average molecular weight is 358 g/mol. The fourth-order valence-electron chi connectivity index (χ4n) is 2.43. The molecule has 26 heavy (non-hydrogen) atoms. The van der Waals surface area contributed by atoms with E-state index in [1.807, 2.05) is 24.3 Å². The third-order valence-electron chi connectivity index (χ3n) is 3.92. The second-order valence-corrected chi connectivity index (χ2v) is 5.85. The standard InChI is InChI=1S/C19H22N2O5/c1-13-12-17(8-9-18(13)21(23)24)26-14(2)19(22)20-11-10-15-4-6-16(25-3)7-5-15/h4-9,12,14H,10-11H2,1-3H3,(H,20,22)/t14-/m0/s1. The first kappa shape index (κ1) is 19.2. The van der Waals surface area contributed by atoms with Gasteiger partial charge in [0, 0.05) is 18.2 Å². The third-order valence-corrected chi connectivity index (χ3v) is 3.92. The van der Waals surface area contributed by atoms with Crippen molar-refractivity contribution in [2.24, 2.45) is 0 Å². The molecular weight excluding hydrogens is 336 g/mol. The van der Waals surface area contributed by atoms with Crippen LogP contribution in [0.1, 0.15) is 18.1 Å². The largest absolute Gasteiger partial charge is 0.497 e. The van der Waals surface area contributed by atoms with E-state index in [1.165, 1.54) is 12.1 Å². The first-order chi connectivity index (χ1) is 12.4. The molecule has 7 heteroatoms. The molecule has 2 aromatic rings. The molecule has 1 atom stereocenters. The summed E-state index contributed by atoms with van der Waals surface area (Å²) in [6, 6.07) is 12.1. The summed E-state index contributed by atoms with van der Waals surface area (Å²) in [6.07, 6.45) is -0.00856. The van der Waals surface area contributed by atoms with Crippen molar-refractivity contribution in [3.8, 4) is 11.5 Å². The van der Waals surface area contributed by atoms with Crippen molar-refractivity contribution in [3.63, 3.8) is 0 Å². The van der Waals surface area contributed by atoms with Gasteiger partial charge in [-0.25, -0.2) is 0 Å². The highest BCUT2D eigenvalue weighted by Gasteiger charge is 2.16. The molecule has 0 heterocycles. The van der Waals surface area contributed by atoms with Crippen molar-refractivity contribution in [2.75, 3.05) is 13.7 Å². The van der Waals surface area contributed by atoms with Gasteiger partial charge in [-0.3, -0.25) is 14.9 Å². The Morgan fingerprint density at radius 2 is 1.85 bits per heavy atom. The highest BCUT2D eigenvalue weighted by atomic mass is 16.6. The number of rotatable bonds is 8. The maximum atomic E-state index is 12.1. The van der Waals surface area contributed by atoms with Crippen LogP contribution in [0.15, 0.2) is 42.5 Å². The van der Waals surface area contributed by atoms with Gasteiger partial charge in [0.25, 0.3) is 11.6 Å². The molecule has 0 aliphatic heterocycles. The number of nitro groups is 1. The molecular formula is C19H22N2O5. The number of carbonyl (C=O) groups excluding carboxylic acids is 1. The minimum atomic E-state index is -0.702. The molecule has 2 rings (SSSR count). The summed E-state index contributed by atoms with van der Waals surface area (Å²) in [7, 11) is 1.61. The first-order valence-corrected chi connectivity index (χ1v) is 8.23. The molecule has 0 aliphatic rings. The van der Waals surface area contributed by atoms with Gasteiger partial charge in [0.15, 0.2) is 6.10 Å². The summed E-state index contributed by atoms with van der Waals surface area (Å²) < 4.78 is 10.7.